The van der Waals surface area contributed by atoms with Crippen molar-refractivity contribution in [3.63, 3.8) is 0 Å². The molecule has 0 spiro atoms. The van der Waals surface area contributed by atoms with Gasteiger partial charge >= 0.3 is 12.0 Å². The molecule has 5 nitrogen and oxygen atoms in total. The number of carbonyl (C=O) groups is 2. The molecule has 0 aliphatic carbocycles. The zero-order valence-corrected chi connectivity index (χ0v) is 8.71. The van der Waals surface area contributed by atoms with Crippen molar-refractivity contribution in [1.82, 2.24) is 10.4 Å². The fraction of sp³-hybridized carbons (Fsp3) is 0.600. The molecule has 0 saturated carbocycles. The highest BCUT2D eigenvalue weighted by Crippen LogP contribution is 2.08. The van der Waals surface area contributed by atoms with Gasteiger partial charge in [0.25, 0.3) is 0 Å². The normalized spacial score (nSPS) is 14.9. The van der Waals surface area contributed by atoms with Crippen LogP contribution in [0.3, 0.4) is 0 Å². The summed E-state index contributed by atoms with van der Waals surface area (Å²) in [5.41, 5.74) is 1.98. The molecule has 1 aliphatic rings. The second-order valence-electron chi connectivity index (χ2n) is 3.22. The molecule has 0 aromatic heterocycles. The molecule has 0 atom stereocenters. The molecule has 5 heteroatoms. The first-order valence-electron chi connectivity index (χ1n) is 4.92. The molecule has 0 radical (unpaired) electrons. The highest BCUT2D eigenvalue weighted by molar-refractivity contribution is 5.93. The van der Waals surface area contributed by atoms with Crippen LogP contribution >= 0.6 is 0 Å². The minimum absolute atomic E-state index is 0.513. The summed E-state index contributed by atoms with van der Waals surface area (Å²) in [5.74, 6) is 4.00. The Morgan fingerprint density at radius 3 is 2.53 bits per heavy atom. The number of likely N-dealkylation sites (tertiary alicyclic amines) is 1. The van der Waals surface area contributed by atoms with E-state index in [0.29, 0.717) is 13.1 Å². The van der Waals surface area contributed by atoms with E-state index in [4.69, 9.17) is 0 Å². The number of hydrogen-bond acceptors (Lipinski definition) is 3. The number of rotatable bonds is 0. The summed E-state index contributed by atoms with van der Waals surface area (Å²) >= 11 is 0. The van der Waals surface area contributed by atoms with Crippen LogP contribution in [0.1, 0.15) is 26.2 Å². The van der Waals surface area contributed by atoms with Crippen molar-refractivity contribution in [2.75, 3.05) is 13.1 Å². The maximum absolute atomic E-state index is 11.3. The fourth-order valence-electron chi connectivity index (χ4n) is 1.37. The Bertz CT molecular complexity index is 298. The van der Waals surface area contributed by atoms with Gasteiger partial charge in [0, 0.05) is 13.1 Å². The second-order valence-corrected chi connectivity index (χ2v) is 3.22. The lowest BCUT2D eigenvalue weighted by Crippen LogP contribution is -2.39. The van der Waals surface area contributed by atoms with Crippen LogP contribution in [0.25, 0.3) is 0 Å². The van der Waals surface area contributed by atoms with E-state index >= 15 is 0 Å². The molecule has 1 rings (SSSR count). The largest absolute Gasteiger partial charge is 0.434 e. The Balaban J connectivity index is 2.27. The average Bonchev–Trinajstić information content (AvgIpc) is 2.27. The van der Waals surface area contributed by atoms with Crippen LogP contribution in [-0.4, -0.2) is 30.0 Å². The monoisotopic (exact) mass is 210 g/mol. The molecule has 82 valence electrons. The lowest BCUT2D eigenvalue weighted by molar-refractivity contribution is -0.124. The quantitative estimate of drug-likeness (QED) is 0.472. The van der Waals surface area contributed by atoms with Gasteiger partial charge in [0.05, 0.1) is 0 Å². The van der Waals surface area contributed by atoms with E-state index in [1.165, 1.54) is 6.92 Å². The smallest absolute Gasteiger partial charge is 0.321 e. The third-order valence-corrected chi connectivity index (χ3v) is 2.08. The highest BCUT2D eigenvalue weighted by Gasteiger charge is 2.18. The molecule has 2 amide bonds. The van der Waals surface area contributed by atoms with Crippen LogP contribution in [-0.2, 0) is 9.63 Å². The van der Waals surface area contributed by atoms with Crippen molar-refractivity contribution >= 4 is 12.0 Å². The van der Waals surface area contributed by atoms with Crippen LogP contribution in [0.4, 0.5) is 4.79 Å². The van der Waals surface area contributed by atoms with Crippen molar-refractivity contribution in [1.29, 1.82) is 0 Å². The van der Waals surface area contributed by atoms with Gasteiger partial charge < -0.3 is 9.74 Å². The molecule has 0 unspecified atom stereocenters. The Kier molecular flexibility index (Phi) is 4.48. The van der Waals surface area contributed by atoms with Gasteiger partial charge in [0.1, 0.15) is 0 Å². The van der Waals surface area contributed by atoms with Crippen molar-refractivity contribution in [2.24, 2.45) is 0 Å². The van der Waals surface area contributed by atoms with Crippen LogP contribution in [0.15, 0.2) is 0 Å². The first-order valence-corrected chi connectivity index (χ1v) is 4.92. The minimum Gasteiger partial charge on any atom is -0.321 e. The van der Waals surface area contributed by atoms with Gasteiger partial charge in [0.15, 0.2) is 0 Å². The van der Waals surface area contributed by atoms with Crippen molar-refractivity contribution in [3.8, 4) is 11.8 Å². The summed E-state index contributed by atoms with van der Waals surface area (Å²) in [4.78, 5) is 28.4. The van der Waals surface area contributed by atoms with Crippen LogP contribution in [0, 0.1) is 11.8 Å². The molecule has 0 aromatic rings. The van der Waals surface area contributed by atoms with Gasteiger partial charge in [0.2, 0.25) is 0 Å². The zero-order chi connectivity index (χ0) is 11.1. The minimum atomic E-state index is -0.608. The van der Waals surface area contributed by atoms with E-state index in [2.05, 4.69) is 16.7 Å². The highest BCUT2D eigenvalue weighted by atomic mass is 16.7. The number of nitrogens with one attached hydrogen (secondary N) is 1. The van der Waals surface area contributed by atoms with E-state index in [-0.39, 0.29) is 0 Å². The lowest BCUT2D eigenvalue weighted by Gasteiger charge is -2.24. The van der Waals surface area contributed by atoms with E-state index in [1.807, 2.05) is 5.48 Å². The predicted molar refractivity (Wildman–Crippen MR) is 53.5 cm³/mol. The molecular weight excluding hydrogens is 196 g/mol. The fourth-order valence-corrected chi connectivity index (χ4v) is 1.37. The molecule has 0 bridgehead atoms. The Morgan fingerprint density at radius 1 is 1.27 bits per heavy atom. The van der Waals surface area contributed by atoms with Crippen molar-refractivity contribution < 1.29 is 14.4 Å². The summed E-state index contributed by atoms with van der Waals surface area (Å²) in [6.07, 6.45) is 2.59. The van der Waals surface area contributed by atoms with Crippen molar-refractivity contribution in [3.05, 3.63) is 0 Å². The third kappa shape index (κ3) is 3.90. The number of amides is 2. The van der Waals surface area contributed by atoms with Gasteiger partial charge in [-0.05, 0) is 32.1 Å². The van der Waals surface area contributed by atoms with E-state index in [0.717, 1.165) is 19.3 Å². The number of hydroxylamine groups is 1. The van der Waals surface area contributed by atoms with Gasteiger partial charge in [-0.25, -0.2) is 4.79 Å². The maximum Gasteiger partial charge on any atom is 0.434 e. The SMILES string of the molecule is CC#CC(=O)NOC(=O)N1CCCCC1. The molecule has 1 aliphatic heterocycles. The molecule has 1 N–H and O–H groups in total. The van der Waals surface area contributed by atoms with E-state index in [9.17, 15) is 9.59 Å². The first-order chi connectivity index (χ1) is 7.24. The molecule has 1 saturated heterocycles. The summed E-state index contributed by atoms with van der Waals surface area (Å²) in [6.45, 7) is 2.91. The number of nitrogens with zero attached hydrogens (tertiary/aromatic N) is 1. The number of piperidine rings is 1. The van der Waals surface area contributed by atoms with Crippen LogP contribution in [0.5, 0.6) is 0 Å². The van der Waals surface area contributed by atoms with E-state index < -0.39 is 12.0 Å². The Labute approximate surface area is 88.7 Å². The standard InChI is InChI=1S/C10H14N2O3/c1-2-6-9(13)11-15-10(14)12-7-4-3-5-8-12/h3-5,7-8H2,1H3,(H,11,13). The summed E-state index contributed by atoms with van der Waals surface area (Å²) in [6, 6.07) is 0. The van der Waals surface area contributed by atoms with Crippen molar-refractivity contribution in [2.45, 2.75) is 26.2 Å². The van der Waals surface area contributed by atoms with E-state index in [1.54, 1.807) is 4.90 Å². The van der Waals surface area contributed by atoms with Crippen LogP contribution in [0.2, 0.25) is 0 Å². The summed E-state index contributed by atoms with van der Waals surface area (Å²) < 4.78 is 0. The topological polar surface area (TPSA) is 58.6 Å². The summed E-state index contributed by atoms with van der Waals surface area (Å²) in [7, 11) is 0. The van der Waals surface area contributed by atoms with Gasteiger partial charge in [-0.1, -0.05) is 5.92 Å². The third-order valence-electron chi connectivity index (χ3n) is 2.08. The first kappa shape index (κ1) is 11.4. The molecule has 0 aromatic carbocycles. The second kappa shape index (κ2) is 5.91. The number of carbonyl (C=O) groups excluding carboxylic acids is 2. The molecular formula is C10H14N2O3. The lowest BCUT2D eigenvalue weighted by atomic mass is 10.1. The van der Waals surface area contributed by atoms with Crippen LogP contribution < -0.4 is 5.48 Å². The van der Waals surface area contributed by atoms with Gasteiger partial charge in [-0.2, -0.15) is 5.48 Å². The van der Waals surface area contributed by atoms with Gasteiger partial charge in [-0.3, -0.25) is 4.79 Å². The maximum atomic E-state index is 11.3. The molecule has 1 fully saturated rings. The predicted octanol–water partition coefficient (Wildman–Crippen LogP) is 0.663. The Hall–Kier alpha value is -1.70. The zero-order valence-electron chi connectivity index (χ0n) is 8.71. The molecule has 15 heavy (non-hydrogen) atoms. The summed E-state index contributed by atoms with van der Waals surface area (Å²) in [5, 5.41) is 0. The van der Waals surface area contributed by atoms with Gasteiger partial charge in [-0.15, -0.1) is 0 Å². The number of hydrogen-bond donors (Lipinski definition) is 1. The average molecular weight is 210 g/mol. The Morgan fingerprint density at radius 2 is 1.93 bits per heavy atom. The molecule has 1 heterocycles.